The lowest BCUT2D eigenvalue weighted by Gasteiger charge is -2.09. The molecule has 148 valence electrons. The third-order valence-electron chi connectivity index (χ3n) is 4.02. The molecule has 11 heteroatoms. The van der Waals surface area contributed by atoms with E-state index in [0.29, 0.717) is 15.1 Å². The molecular weight excluding hydrogens is 471 g/mol. The summed E-state index contributed by atoms with van der Waals surface area (Å²) in [6.07, 6.45) is -4.70. The Bertz CT molecular complexity index is 1220. The Morgan fingerprint density at radius 2 is 2.00 bits per heavy atom. The van der Waals surface area contributed by atoms with Gasteiger partial charge in [0.05, 0.1) is 10.6 Å². The summed E-state index contributed by atoms with van der Waals surface area (Å²) in [5.74, 6) is -1.44. The van der Waals surface area contributed by atoms with Crippen molar-refractivity contribution in [3.05, 3.63) is 63.3 Å². The van der Waals surface area contributed by atoms with E-state index in [0.717, 1.165) is 16.1 Å². The van der Waals surface area contributed by atoms with Crippen LogP contribution in [0.1, 0.15) is 21.9 Å². The van der Waals surface area contributed by atoms with Gasteiger partial charge in [-0.25, -0.2) is 4.98 Å². The Kier molecular flexibility index (Phi) is 4.87. The van der Waals surface area contributed by atoms with Crippen LogP contribution in [0.2, 0.25) is 0 Å². The molecule has 0 saturated heterocycles. The Hall–Kier alpha value is -2.79. The molecule has 4 aromatic rings. The van der Waals surface area contributed by atoms with Crippen molar-refractivity contribution < 1.29 is 18.0 Å². The summed E-state index contributed by atoms with van der Waals surface area (Å²) in [5, 5.41) is 8.09. The smallest absolute Gasteiger partial charge is 0.319 e. The quantitative estimate of drug-likeness (QED) is 0.436. The second-order valence-electron chi connectivity index (χ2n) is 6.06. The van der Waals surface area contributed by atoms with Gasteiger partial charge in [-0.2, -0.15) is 22.7 Å². The van der Waals surface area contributed by atoms with Crippen LogP contribution in [0.3, 0.4) is 0 Å². The third-order valence-corrected chi connectivity index (χ3v) is 5.40. The molecule has 0 aliphatic carbocycles. The highest BCUT2D eigenvalue weighted by atomic mass is 79.9. The molecule has 29 heavy (non-hydrogen) atoms. The van der Waals surface area contributed by atoms with E-state index in [2.05, 4.69) is 36.3 Å². The number of benzene rings is 1. The molecule has 1 aromatic carbocycles. The Balaban J connectivity index is 1.77. The third kappa shape index (κ3) is 3.87. The SMILES string of the molecule is Cc1cc(Br)ccc1NC(=O)c1nc2nc(-c3cccs3)cc(C(F)(F)F)n2n1. The zero-order valence-corrected chi connectivity index (χ0v) is 17.1. The van der Waals surface area contributed by atoms with E-state index >= 15 is 0 Å². The normalized spacial score (nSPS) is 11.8. The van der Waals surface area contributed by atoms with Crippen LogP contribution in [0.15, 0.2) is 46.3 Å². The zero-order valence-electron chi connectivity index (χ0n) is 14.7. The first-order valence-corrected chi connectivity index (χ1v) is 9.86. The van der Waals surface area contributed by atoms with Gasteiger partial charge in [-0.15, -0.1) is 16.4 Å². The molecule has 1 amide bonds. The van der Waals surface area contributed by atoms with Crippen LogP contribution >= 0.6 is 27.3 Å². The molecule has 4 rings (SSSR count). The van der Waals surface area contributed by atoms with Gasteiger partial charge < -0.3 is 5.32 Å². The standard InChI is InChI=1S/C18H11BrF3N5OS/c1-9-7-10(19)4-5-11(9)23-16(28)15-25-17-24-12(13-3-2-6-29-13)8-14(18(20,21)22)27(17)26-15/h2-8H,1H3,(H,23,28). The van der Waals surface area contributed by atoms with Gasteiger partial charge >= 0.3 is 6.18 Å². The molecule has 0 bridgehead atoms. The number of fused-ring (bicyclic) bond motifs is 1. The summed E-state index contributed by atoms with van der Waals surface area (Å²) >= 11 is 4.58. The van der Waals surface area contributed by atoms with Crippen LogP contribution < -0.4 is 5.32 Å². The summed E-state index contributed by atoms with van der Waals surface area (Å²) < 4.78 is 42.1. The van der Waals surface area contributed by atoms with Crippen LogP contribution in [-0.4, -0.2) is 25.5 Å². The maximum atomic E-state index is 13.6. The van der Waals surface area contributed by atoms with Crippen molar-refractivity contribution in [3.8, 4) is 10.6 Å². The number of carbonyl (C=O) groups is 1. The lowest BCUT2D eigenvalue weighted by Crippen LogP contribution is -2.16. The van der Waals surface area contributed by atoms with Crippen molar-refractivity contribution in [1.82, 2.24) is 19.6 Å². The van der Waals surface area contributed by atoms with E-state index in [1.807, 2.05) is 0 Å². The van der Waals surface area contributed by atoms with Crippen LogP contribution in [-0.2, 0) is 6.18 Å². The first-order valence-electron chi connectivity index (χ1n) is 8.19. The first kappa shape index (κ1) is 19.5. The molecule has 3 heterocycles. The van der Waals surface area contributed by atoms with Crippen LogP contribution in [0.4, 0.5) is 18.9 Å². The van der Waals surface area contributed by atoms with E-state index < -0.39 is 23.6 Å². The van der Waals surface area contributed by atoms with Crippen molar-refractivity contribution in [2.45, 2.75) is 13.1 Å². The molecule has 3 aromatic heterocycles. The second kappa shape index (κ2) is 7.23. The number of aromatic nitrogens is 4. The molecule has 0 aliphatic heterocycles. The molecule has 0 atom stereocenters. The number of aryl methyl sites for hydroxylation is 1. The number of thiophene rings is 1. The van der Waals surface area contributed by atoms with Gasteiger partial charge in [0.15, 0.2) is 5.69 Å². The molecule has 0 fully saturated rings. The van der Waals surface area contributed by atoms with Crippen LogP contribution in [0.25, 0.3) is 16.3 Å². The summed E-state index contributed by atoms with van der Waals surface area (Å²) in [6, 6.07) is 9.46. The number of hydrogen-bond acceptors (Lipinski definition) is 5. The Labute approximate surface area is 174 Å². The largest absolute Gasteiger partial charge is 0.433 e. The van der Waals surface area contributed by atoms with Crippen molar-refractivity contribution in [2.24, 2.45) is 0 Å². The van der Waals surface area contributed by atoms with Gasteiger partial charge in [-0.05, 0) is 48.2 Å². The number of amides is 1. The maximum Gasteiger partial charge on any atom is 0.433 e. The number of carbonyl (C=O) groups excluding carboxylic acids is 1. The van der Waals surface area contributed by atoms with Crippen molar-refractivity contribution >= 4 is 44.6 Å². The summed E-state index contributed by atoms with van der Waals surface area (Å²) in [5.41, 5.74) is 0.325. The fraction of sp³-hybridized carbons (Fsp3) is 0.111. The summed E-state index contributed by atoms with van der Waals surface area (Å²) in [4.78, 5) is 21.2. The number of halogens is 4. The molecule has 0 unspecified atom stereocenters. The highest BCUT2D eigenvalue weighted by Gasteiger charge is 2.36. The minimum absolute atomic E-state index is 0.114. The summed E-state index contributed by atoms with van der Waals surface area (Å²) in [7, 11) is 0. The van der Waals surface area contributed by atoms with Gasteiger partial charge in [0.2, 0.25) is 5.82 Å². The van der Waals surface area contributed by atoms with Crippen LogP contribution in [0.5, 0.6) is 0 Å². The number of anilines is 1. The predicted molar refractivity (Wildman–Crippen MR) is 106 cm³/mol. The van der Waals surface area contributed by atoms with E-state index in [1.165, 1.54) is 11.3 Å². The fourth-order valence-corrected chi connectivity index (χ4v) is 3.82. The molecule has 0 saturated carbocycles. The maximum absolute atomic E-state index is 13.6. The van der Waals surface area contributed by atoms with E-state index in [9.17, 15) is 18.0 Å². The molecule has 1 N–H and O–H groups in total. The lowest BCUT2D eigenvalue weighted by atomic mass is 10.2. The predicted octanol–water partition coefficient (Wildman–Crippen LogP) is 5.19. The number of rotatable bonds is 3. The number of alkyl halides is 3. The Morgan fingerprint density at radius 1 is 1.21 bits per heavy atom. The van der Waals surface area contributed by atoms with E-state index in [-0.39, 0.29) is 11.5 Å². The van der Waals surface area contributed by atoms with Gasteiger partial charge in [-0.3, -0.25) is 4.79 Å². The second-order valence-corrected chi connectivity index (χ2v) is 7.93. The Morgan fingerprint density at radius 3 is 2.66 bits per heavy atom. The molecular formula is C18H11BrF3N5OS. The van der Waals surface area contributed by atoms with Crippen molar-refractivity contribution in [3.63, 3.8) is 0 Å². The number of hydrogen-bond donors (Lipinski definition) is 1. The monoisotopic (exact) mass is 481 g/mol. The molecule has 0 aliphatic rings. The summed E-state index contributed by atoms with van der Waals surface area (Å²) in [6.45, 7) is 1.79. The highest BCUT2D eigenvalue weighted by molar-refractivity contribution is 9.10. The van der Waals surface area contributed by atoms with E-state index in [4.69, 9.17) is 0 Å². The van der Waals surface area contributed by atoms with E-state index in [1.54, 1.807) is 42.6 Å². The molecule has 0 radical (unpaired) electrons. The minimum Gasteiger partial charge on any atom is -0.319 e. The average molecular weight is 482 g/mol. The number of nitrogens with zero attached hydrogens (tertiary/aromatic N) is 4. The van der Waals surface area contributed by atoms with Gasteiger partial charge in [0.25, 0.3) is 11.7 Å². The van der Waals surface area contributed by atoms with Crippen LogP contribution in [0, 0.1) is 6.92 Å². The van der Waals surface area contributed by atoms with Gasteiger partial charge in [0, 0.05) is 10.2 Å². The molecule has 0 spiro atoms. The minimum atomic E-state index is -4.70. The zero-order chi connectivity index (χ0) is 20.8. The average Bonchev–Trinajstić information content (AvgIpc) is 3.31. The lowest BCUT2D eigenvalue weighted by molar-refractivity contribution is -0.142. The highest BCUT2D eigenvalue weighted by Crippen LogP contribution is 2.33. The van der Waals surface area contributed by atoms with Crippen molar-refractivity contribution in [1.29, 1.82) is 0 Å². The fourth-order valence-electron chi connectivity index (χ4n) is 2.66. The number of nitrogens with one attached hydrogen (secondary N) is 1. The van der Waals surface area contributed by atoms with Gasteiger partial charge in [0.1, 0.15) is 0 Å². The molecule has 6 nitrogen and oxygen atoms in total. The first-order chi connectivity index (χ1) is 13.7. The van der Waals surface area contributed by atoms with Crippen molar-refractivity contribution in [2.75, 3.05) is 5.32 Å². The topological polar surface area (TPSA) is 72.2 Å². The van der Waals surface area contributed by atoms with Gasteiger partial charge in [-0.1, -0.05) is 22.0 Å².